The first-order valence-electron chi connectivity index (χ1n) is 10.6. The van der Waals surface area contributed by atoms with Crippen molar-refractivity contribution >= 4 is 39.6 Å². The number of ether oxygens (including phenoxy) is 1. The highest BCUT2D eigenvalue weighted by atomic mass is 32.1. The molecule has 1 aromatic heterocycles. The lowest BCUT2D eigenvalue weighted by Crippen LogP contribution is -2.31. The van der Waals surface area contributed by atoms with Crippen LogP contribution in [0.1, 0.15) is 30.5 Å². The van der Waals surface area contributed by atoms with Gasteiger partial charge in [0.25, 0.3) is 5.91 Å². The van der Waals surface area contributed by atoms with Crippen LogP contribution in [0.4, 0.5) is 5.69 Å². The Hall–Kier alpha value is -3.71. The summed E-state index contributed by atoms with van der Waals surface area (Å²) in [6, 6.07) is 19.5. The van der Waals surface area contributed by atoms with Gasteiger partial charge in [-0.1, -0.05) is 36.4 Å². The number of nitrogens with zero attached hydrogens (tertiary/aromatic N) is 1. The van der Waals surface area contributed by atoms with E-state index < -0.39 is 0 Å². The SMILES string of the molecule is CC(=O)Nc1cc(-c2csc(C)n2)ccc1OCC(=O)NC(C)c1ccc2ccccc2c1. The summed E-state index contributed by atoms with van der Waals surface area (Å²) in [6.45, 7) is 5.15. The zero-order valence-electron chi connectivity index (χ0n) is 18.7. The highest BCUT2D eigenvalue weighted by molar-refractivity contribution is 7.09. The van der Waals surface area contributed by atoms with E-state index in [4.69, 9.17) is 4.74 Å². The monoisotopic (exact) mass is 459 g/mol. The predicted molar refractivity (Wildman–Crippen MR) is 133 cm³/mol. The van der Waals surface area contributed by atoms with E-state index in [1.807, 2.05) is 43.5 Å². The van der Waals surface area contributed by atoms with Gasteiger partial charge in [-0.15, -0.1) is 11.3 Å². The number of carbonyl (C=O) groups excluding carboxylic acids is 2. The lowest BCUT2D eigenvalue weighted by atomic mass is 10.0. The van der Waals surface area contributed by atoms with Crippen LogP contribution in [-0.4, -0.2) is 23.4 Å². The summed E-state index contributed by atoms with van der Waals surface area (Å²) in [5.74, 6) is -0.0427. The zero-order valence-corrected chi connectivity index (χ0v) is 19.5. The van der Waals surface area contributed by atoms with Crippen LogP contribution in [-0.2, 0) is 9.59 Å². The van der Waals surface area contributed by atoms with Crippen LogP contribution >= 0.6 is 11.3 Å². The molecule has 4 rings (SSSR count). The Kier molecular flexibility index (Phi) is 6.70. The Morgan fingerprint density at radius 3 is 2.58 bits per heavy atom. The molecule has 4 aromatic rings. The summed E-state index contributed by atoms with van der Waals surface area (Å²) in [6.07, 6.45) is 0. The van der Waals surface area contributed by atoms with Gasteiger partial charge in [0.1, 0.15) is 5.75 Å². The molecule has 0 aliphatic heterocycles. The number of carbonyl (C=O) groups is 2. The molecule has 0 radical (unpaired) electrons. The van der Waals surface area contributed by atoms with Gasteiger partial charge in [-0.25, -0.2) is 4.98 Å². The van der Waals surface area contributed by atoms with Crippen LogP contribution < -0.4 is 15.4 Å². The van der Waals surface area contributed by atoms with Gasteiger partial charge in [0.2, 0.25) is 5.91 Å². The molecule has 0 fully saturated rings. The van der Waals surface area contributed by atoms with Gasteiger partial charge in [0.15, 0.2) is 6.61 Å². The number of thiazole rings is 1. The maximum Gasteiger partial charge on any atom is 0.258 e. The number of benzene rings is 3. The number of aromatic nitrogens is 1. The van der Waals surface area contributed by atoms with E-state index in [0.717, 1.165) is 32.6 Å². The van der Waals surface area contributed by atoms with Crippen LogP contribution in [0.3, 0.4) is 0 Å². The highest BCUT2D eigenvalue weighted by Crippen LogP contribution is 2.31. The largest absolute Gasteiger partial charge is 0.482 e. The second-order valence-electron chi connectivity index (χ2n) is 7.83. The number of nitrogens with one attached hydrogen (secondary N) is 2. The highest BCUT2D eigenvalue weighted by Gasteiger charge is 2.14. The second kappa shape index (κ2) is 9.83. The topological polar surface area (TPSA) is 80.3 Å². The van der Waals surface area contributed by atoms with Gasteiger partial charge in [0.05, 0.1) is 22.4 Å². The number of hydrogen-bond donors (Lipinski definition) is 2. The van der Waals surface area contributed by atoms with Crippen molar-refractivity contribution in [3.63, 3.8) is 0 Å². The van der Waals surface area contributed by atoms with Gasteiger partial charge >= 0.3 is 0 Å². The van der Waals surface area contributed by atoms with Crippen LogP contribution in [0.2, 0.25) is 0 Å². The number of rotatable bonds is 7. The molecule has 1 unspecified atom stereocenters. The Morgan fingerprint density at radius 2 is 1.85 bits per heavy atom. The Labute approximate surface area is 196 Å². The second-order valence-corrected chi connectivity index (χ2v) is 8.89. The number of amides is 2. The molecule has 2 N–H and O–H groups in total. The number of fused-ring (bicyclic) bond motifs is 1. The minimum Gasteiger partial charge on any atom is -0.482 e. The zero-order chi connectivity index (χ0) is 23.4. The van der Waals surface area contributed by atoms with Gasteiger partial charge in [-0.05, 0) is 54.4 Å². The molecule has 0 saturated heterocycles. The molecule has 1 heterocycles. The molecule has 0 saturated carbocycles. The molecule has 168 valence electrons. The molecule has 1 atom stereocenters. The number of anilines is 1. The average molecular weight is 460 g/mol. The van der Waals surface area contributed by atoms with Gasteiger partial charge in [0, 0.05) is 17.9 Å². The molecule has 3 aromatic carbocycles. The van der Waals surface area contributed by atoms with Gasteiger partial charge in [-0.2, -0.15) is 0 Å². The predicted octanol–water partition coefficient (Wildman–Crippen LogP) is 5.49. The molecule has 0 aliphatic carbocycles. The minimum absolute atomic E-state index is 0.167. The van der Waals surface area contributed by atoms with E-state index in [0.29, 0.717) is 11.4 Å². The summed E-state index contributed by atoms with van der Waals surface area (Å²) in [7, 11) is 0. The first-order chi connectivity index (χ1) is 15.9. The van der Waals surface area contributed by atoms with E-state index in [1.54, 1.807) is 23.5 Å². The fourth-order valence-corrected chi connectivity index (χ4v) is 4.21. The molecule has 2 amide bonds. The van der Waals surface area contributed by atoms with Crippen molar-refractivity contribution in [1.82, 2.24) is 10.3 Å². The molecule has 6 nitrogen and oxygen atoms in total. The fraction of sp³-hybridized carbons (Fsp3) is 0.192. The lowest BCUT2D eigenvalue weighted by molar-refractivity contribution is -0.123. The molecule has 0 spiro atoms. The minimum atomic E-state index is -0.247. The quantitative estimate of drug-likeness (QED) is 0.383. The average Bonchev–Trinajstić information content (AvgIpc) is 3.23. The Balaban J connectivity index is 1.43. The van der Waals surface area contributed by atoms with E-state index >= 15 is 0 Å². The van der Waals surface area contributed by atoms with Gasteiger partial charge < -0.3 is 15.4 Å². The van der Waals surface area contributed by atoms with Crippen molar-refractivity contribution in [2.45, 2.75) is 26.8 Å². The third kappa shape index (κ3) is 5.56. The van der Waals surface area contributed by atoms with Crippen LogP contribution in [0.15, 0.2) is 66.0 Å². The van der Waals surface area contributed by atoms with Gasteiger partial charge in [-0.3, -0.25) is 9.59 Å². The third-order valence-electron chi connectivity index (χ3n) is 5.21. The number of hydrogen-bond acceptors (Lipinski definition) is 5. The first-order valence-corrected chi connectivity index (χ1v) is 11.5. The molecule has 0 aliphatic rings. The third-order valence-corrected chi connectivity index (χ3v) is 5.99. The molecule has 33 heavy (non-hydrogen) atoms. The number of aryl methyl sites for hydroxylation is 1. The van der Waals surface area contributed by atoms with E-state index in [-0.39, 0.29) is 24.5 Å². The van der Waals surface area contributed by atoms with Crippen molar-refractivity contribution in [3.05, 3.63) is 76.6 Å². The fourth-order valence-electron chi connectivity index (χ4n) is 3.59. The first kappa shape index (κ1) is 22.5. The summed E-state index contributed by atoms with van der Waals surface area (Å²) in [5.41, 5.74) is 3.22. The van der Waals surface area contributed by atoms with Crippen molar-refractivity contribution in [2.24, 2.45) is 0 Å². The van der Waals surface area contributed by atoms with Crippen LogP contribution in [0, 0.1) is 6.92 Å². The van der Waals surface area contributed by atoms with E-state index in [2.05, 4.69) is 39.9 Å². The summed E-state index contributed by atoms with van der Waals surface area (Å²) in [5, 5.41) is 11.0. The van der Waals surface area contributed by atoms with Crippen molar-refractivity contribution in [3.8, 4) is 17.0 Å². The van der Waals surface area contributed by atoms with E-state index in [1.165, 1.54) is 6.92 Å². The van der Waals surface area contributed by atoms with Crippen molar-refractivity contribution in [2.75, 3.05) is 11.9 Å². The maximum atomic E-state index is 12.6. The maximum absolute atomic E-state index is 12.6. The Morgan fingerprint density at radius 1 is 1.06 bits per heavy atom. The molecule has 7 heteroatoms. The van der Waals surface area contributed by atoms with Crippen LogP contribution in [0.5, 0.6) is 5.75 Å². The standard InChI is InChI=1S/C26H25N3O3S/c1-16(20-9-8-19-6-4-5-7-21(19)12-20)27-26(31)14-32-25-11-10-22(13-23(25)28-17(2)30)24-15-33-18(3)29-24/h4-13,15-16H,14H2,1-3H3,(H,27,31)(H,28,30). The van der Waals surface area contributed by atoms with E-state index in [9.17, 15) is 9.59 Å². The molecular weight excluding hydrogens is 434 g/mol. The molecule has 0 bridgehead atoms. The Bertz CT molecular complexity index is 1320. The normalized spacial score (nSPS) is 11.7. The van der Waals surface area contributed by atoms with Crippen LogP contribution in [0.25, 0.3) is 22.0 Å². The lowest BCUT2D eigenvalue weighted by Gasteiger charge is -2.17. The summed E-state index contributed by atoms with van der Waals surface area (Å²) < 4.78 is 5.76. The molecular formula is C26H25N3O3S. The smallest absolute Gasteiger partial charge is 0.258 e. The summed E-state index contributed by atoms with van der Waals surface area (Å²) in [4.78, 5) is 28.7. The summed E-state index contributed by atoms with van der Waals surface area (Å²) >= 11 is 1.56. The van der Waals surface area contributed by atoms with Crippen molar-refractivity contribution in [1.29, 1.82) is 0 Å². The van der Waals surface area contributed by atoms with Crippen molar-refractivity contribution < 1.29 is 14.3 Å².